The minimum Gasteiger partial charge on any atom is -0.512 e. The zero-order chi connectivity index (χ0) is 15.5. The monoisotopic (exact) mass is 296 g/mol. The molecule has 114 valence electrons. The summed E-state index contributed by atoms with van der Waals surface area (Å²) in [6, 6.07) is 8.15. The number of aliphatic hydroxyl groups is 1. The molecule has 0 bridgehead atoms. The Kier molecular flexibility index (Phi) is 4.14. The van der Waals surface area contributed by atoms with Gasteiger partial charge in [0.15, 0.2) is 0 Å². The summed E-state index contributed by atoms with van der Waals surface area (Å²) in [5.41, 5.74) is 5.67. The van der Waals surface area contributed by atoms with Gasteiger partial charge in [0.1, 0.15) is 0 Å². The molecule has 2 aliphatic rings. The molecule has 0 saturated heterocycles. The van der Waals surface area contributed by atoms with Gasteiger partial charge in [-0.1, -0.05) is 30.3 Å². The summed E-state index contributed by atoms with van der Waals surface area (Å²) in [5, 5.41) is 9.80. The van der Waals surface area contributed by atoms with Crippen molar-refractivity contribution in [2.45, 2.75) is 32.6 Å². The Morgan fingerprint density at radius 2 is 2.00 bits per heavy atom. The summed E-state index contributed by atoms with van der Waals surface area (Å²) < 4.78 is 5.11. The molecular formula is C19H20O3. The Morgan fingerprint density at radius 3 is 2.82 bits per heavy atom. The number of esters is 1. The van der Waals surface area contributed by atoms with Gasteiger partial charge in [-0.3, -0.25) is 4.79 Å². The van der Waals surface area contributed by atoms with Crippen LogP contribution in [0.1, 0.15) is 37.3 Å². The van der Waals surface area contributed by atoms with E-state index in [4.69, 9.17) is 4.74 Å². The predicted molar refractivity (Wildman–Crippen MR) is 86.3 cm³/mol. The third-order valence-electron chi connectivity index (χ3n) is 4.14. The van der Waals surface area contributed by atoms with Crippen molar-refractivity contribution >= 4 is 11.5 Å². The molecule has 0 aromatic heterocycles. The Morgan fingerprint density at radius 1 is 1.18 bits per heavy atom. The summed E-state index contributed by atoms with van der Waals surface area (Å²) in [4.78, 5) is 11.9. The summed E-state index contributed by atoms with van der Waals surface area (Å²) >= 11 is 0. The van der Waals surface area contributed by atoms with Crippen LogP contribution in [0.5, 0.6) is 0 Å². The van der Waals surface area contributed by atoms with Gasteiger partial charge in [-0.2, -0.15) is 0 Å². The minimum absolute atomic E-state index is 0.193. The standard InChI is InChI=1S/C19H20O3/c1-2-22-19(21)12-16-9-13-7-8-17(20)11-15(13)10-14-5-3-4-6-18(14)16/h3-6,9,11,20H,2,7-8,10,12H2,1H3. The van der Waals surface area contributed by atoms with Gasteiger partial charge in [0.2, 0.25) is 0 Å². The molecule has 0 amide bonds. The van der Waals surface area contributed by atoms with Gasteiger partial charge in [0.25, 0.3) is 0 Å². The Labute approximate surface area is 130 Å². The lowest BCUT2D eigenvalue weighted by Crippen LogP contribution is -2.05. The van der Waals surface area contributed by atoms with Crippen LogP contribution in [0.4, 0.5) is 0 Å². The maximum absolute atomic E-state index is 11.9. The van der Waals surface area contributed by atoms with Gasteiger partial charge < -0.3 is 9.84 Å². The molecule has 22 heavy (non-hydrogen) atoms. The van der Waals surface area contributed by atoms with E-state index in [1.807, 2.05) is 25.1 Å². The number of hydrogen-bond donors (Lipinski definition) is 1. The SMILES string of the molecule is CCOC(=O)CC1=CC2=C(C=C(O)CC2)Cc2ccccc21. The van der Waals surface area contributed by atoms with Crippen LogP contribution < -0.4 is 0 Å². The fourth-order valence-electron chi connectivity index (χ4n) is 3.11. The number of fused-ring (bicyclic) bond motifs is 1. The van der Waals surface area contributed by atoms with Crippen molar-refractivity contribution in [2.75, 3.05) is 6.61 Å². The number of ether oxygens (including phenoxy) is 1. The maximum atomic E-state index is 11.9. The van der Waals surface area contributed by atoms with Gasteiger partial charge in [-0.15, -0.1) is 0 Å². The van der Waals surface area contributed by atoms with E-state index in [1.165, 1.54) is 11.1 Å². The van der Waals surface area contributed by atoms with Crippen LogP contribution in [0, 0.1) is 0 Å². The van der Waals surface area contributed by atoms with Crippen LogP contribution in [0.15, 0.2) is 53.3 Å². The quantitative estimate of drug-likeness (QED) is 0.854. The van der Waals surface area contributed by atoms with Crippen molar-refractivity contribution in [2.24, 2.45) is 0 Å². The normalized spacial score (nSPS) is 17.0. The number of benzene rings is 1. The van der Waals surface area contributed by atoms with Crippen LogP contribution in [-0.2, 0) is 16.0 Å². The van der Waals surface area contributed by atoms with Crippen molar-refractivity contribution in [3.8, 4) is 0 Å². The summed E-state index contributed by atoms with van der Waals surface area (Å²) in [6.07, 6.45) is 6.55. The van der Waals surface area contributed by atoms with Gasteiger partial charge in [-0.05, 0) is 53.7 Å². The molecule has 1 aromatic carbocycles. The van der Waals surface area contributed by atoms with Crippen LogP contribution in [0.3, 0.4) is 0 Å². The molecular weight excluding hydrogens is 276 g/mol. The largest absolute Gasteiger partial charge is 0.512 e. The first-order valence-corrected chi connectivity index (χ1v) is 7.73. The number of rotatable bonds is 3. The maximum Gasteiger partial charge on any atom is 0.310 e. The Bertz CT molecular complexity index is 692. The summed E-state index contributed by atoms with van der Waals surface area (Å²) in [6.45, 7) is 2.22. The highest BCUT2D eigenvalue weighted by Crippen LogP contribution is 2.35. The van der Waals surface area contributed by atoms with E-state index < -0.39 is 0 Å². The smallest absolute Gasteiger partial charge is 0.310 e. The topological polar surface area (TPSA) is 46.5 Å². The zero-order valence-corrected chi connectivity index (χ0v) is 12.8. The number of allylic oxidation sites excluding steroid dienone is 5. The highest BCUT2D eigenvalue weighted by molar-refractivity contribution is 5.87. The molecule has 1 N–H and O–H groups in total. The molecule has 0 unspecified atom stereocenters. The molecule has 0 atom stereocenters. The fraction of sp³-hybridized carbons (Fsp3) is 0.316. The molecule has 3 nitrogen and oxygen atoms in total. The van der Waals surface area contributed by atoms with Crippen LogP contribution >= 0.6 is 0 Å². The van der Waals surface area contributed by atoms with Crippen molar-refractivity contribution in [3.05, 3.63) is 64.4 Å². The first kappa shape index (κ1) is 14.6. The van der Waals surface area contributed by atoms with E-state index in [0.29, 0.717) is 18.8 Å². The van der Waals surface area contributed by atoms with Crippen molar-refractivity contribution < 1.29 is 14.6 Å². The van der Waals surface area contributed by atoms with Gasteiger partial charge in [0, 0.05) is 6.42 Å². The van der Waals surface area contributed by atoms with E-state index in [0.717, 1.165) is 29.6 Å². The van der Waals surface area contributed by atoms with E-state index in [1.54, 1.807) is 0 Å². The highest BCUT2D eigenvalue weighted by atomic mass is 16.5. The zero-order valence-electron chi connectivity index (χ0n) is 12.8. The molecule has 0 saturated carbocycles. The third-order valence-corrected chi connectivity index (χ3v) is 4.14. The molecule has 3 heteroatoms. The van der Waals surface area contributed by atoms with Gasteiger partial charge >= 0.3 is 5.97 Å². The van der Waals surface area contributed by atoms with Gasteiger partial charge in [-0.25, -0.2) is 0 Å². The van der Waals surface area contributed by atoms with E-state index in [2.05, 4.69) is 18.2 Å². The lowest BCUT2D eigenvalue weighted by Gasteiger charge is -2.14. The second-order valence-electron chi connectivity index (χ2n) is 5.67. The summed E-state index contributed by atoms with van der Waals surface area (Å²) in [7, 11) is 0. The van der Waals surface area contributed by atoms with Crippen LogP contribution in [0.25, 0.3) is 5.57 Å². The van der Waals surface area contributed by atoms with Gasteiger partial charge in [0.05, 0.1) is 18.8 Å². The minimum atomic E-state index is -0.193. The number of carbonyl (C=O) groups excluding carboxylic acids is 1. The molecule has 0 aliphatic heterocycles. The average molecular weight is 296 g/mol. The van der Waals surface area contributed by atoms with Crippen molar-refractivity contribution in [1.29, 1.82) is 0 Å². The highest BCUT2D eigenvalue weighted by Gasteiger charge is 2.20. The lowest BCUT2D eigenvalue weighted by molar-refractivity contribution is -0.141. The molecule has 0 fully saturated rings. The van der Waals surface area contributed by atoms with E-state index in [9.17, 15) is 9.90 Å². The van der Waals surface area contributed by atoms with Crippen LogP contribution in [0.2, 0.25) is 0 Å². The Balaban J connectivity index is 2.03. The molecule has 2 aliphatic carbocycles. The number of carbonyl (C=O) groups is 1. The molecule has 1 aromatic rings. The molecule has 0 heterocycles. The van der Waals surface area contributed by atoms with E-state index in [-0.39, 0.29) is 12.4 Å². The lowest BCUT2D eigenvalue weighted by atomic mass is 9.93. The summed E-state index contributed by atoms with van der Waals surface area (Å²) in [5.74, 6) is 0.250. The number of hydrogen-bond acceptors (Lipinski definition) is 3. The van der Waals surface area contributed by atoms with Crippen molar-refractivity contribution in [1.82, 2.24) is 0 Å². The molecule has 3 rings (SSSR count). The Hall–Kier alpha value is -2.29. The van der Waals surface area contributed by atoms with Crippen molar-refractivity contribution in [3.63, 3.8) is 0 Å². The fourth-order valence-corrected chi connectivity index (χ4v) is 3.11. The third kappa shape index (κ3) is 2.98. The number of aliphatic hydroxyl groups excluding tert-OH is 1. The molecule has 0 spiro atoms. The van der Waals surface area contributed by atoms with E-state index >= 15 is 0 Å². The second kappa shape index (κ2) is 6.22. The molecule has 0 radical (unpaired) electrons. The predicted octanol–water partition coefficient (Wildman–Crippen LogP) is 4.11. The average Bonchev–Trinajstić information content (AvgIpc) is 2.64. The first-order valence-electron chi connectivity index (χ1n) is 7.73. The van der Waals surface area contributed by atoms with Crippen LogP contribution in [-0.4, -0.2) is 17.7 Å². The second-order valence-corrected chi connectivity index (χ2v) is 5.67. The first-order chi connectivity index (χ1) is 10.7.